The molecule has 6 heteroatoms. The molecule has 0 fully saturated rings. The van der Waals surface area contributed by atoms with Gasteiger partial charge < -0.3 is 9.84 Å². The third-order valence-corrected chi connectivity index (χ3v) is 2.24. The van der Waals surface area contributed by atoms with Gasteiger partial charge in [-0.3, -0.25) is 0 Å². The average molecular weight is 229 g/mol. The van der Waals surface area contributed by atoms with Crippen LogP contribution in [0.15, 0.2) is 29.2 Å². The van der Waals surface area contributed by atoms with Crippen molar-refractivity contribution >= 4 is 0 Å². The van der Waals surface area contributed by atoms with Gasteiger partial charge in [0.1, 0.15) is 11.8 Å². The molecule has 0 bridgehead atoms. The van der Waals surface area contributed by atoms with Crippen LogP contribution in [0.3, 0.4) is 0 Å². The summed E-state index contributed by atoms with van der Waals surface area (Å²) in [6.07, 6.45) is 3.62. The lowest BCUT2D eigenvalue weighted by Crippen LogP contribution is -2.18. The van der Waals surface area contributed by atoms with Gasteiger partial charge in [-0.1, -0.05) is 11.2 Å². The Labute approximate surface area is 98.3 Å². The lowest BCUT2D eigenvalue weighted by molar-refractivity contribution is 0.409. The maximum Gasteiger partial charge on any atom is 0.213 e. The molecule has 2 heterocycles. The molecule has 2 aromatic heterocycles. The molecule has 86 valence electrons. The molecule has 0 unspecified atom stereocenters. The summed E-state index contributed by atoms with van der Waals surface area (Å²) in [6, 6.07) is 5.76. The number of pyridine rings is 1. The fourth-order valence-electron chi connectivity index (χ4n) is 1.41. The molecule has 1 N–H and O–H groups in total. The Bertz CT molecular complexity index is 503. The van der Waals surface area contributed by atoms with E-state index in [9.17, 15) is 0 Å². The summed E-state index contributed by atoms with van der Waals surface area (Å²) in [5, 5.41) is 15.8. The number of rotatable bonds is 5. The fraction of sp³-hybridized carbons (Fsp3) is 0.273. The predicted octanol–water partition coefficient (Wildman–Crippen LogP) is 0.669. The summed E-state index contributed by atoms with van der Waals surface area (Å²) in [7, 11) is 0. The summed E-state index contributed by atoms with van der Waals surface area (Å²) in [5.74, 6) is 0.671. The molecule has 0 amide bonds. The molecule has 0 aliphatic carbocycles. The Morgan fingerprint density at radius 1 is 1.41 bits per heavy atom. The zero-order valence-corrected chi connectivity index (χ0v) is 9.13. The minimum absolute atomic E-state index is 0.458. The minimum Gasteiger partial charge on any atom is -0.343 e. The lowest BCUT2D eigenvalue weighted by Gasteiger charge is -2.04. The average Bonchev–Trinajstić information content (AvgIpc) is 2.88. The van der Waals surface area contributed by atoms with Crippen molar-refractivity contribution < 1.29 is 4.52 Å². The summed E-state index contributed by atoms with van der Waals surface area (Å²) < 4.78 is 4.62. The third-order valence-electron chi connectivity index (χ3n) is 2.24. The molecule has 0 atom stereocenters. The van der Waals surface area contributed by atoms with Crippen molar-refractivity contribution in [1.82, 2.24) is 20.4 Å². The lowest BCUT2D eigenvalue weighted by atomic mass is 10.2. The molecule has 0 aliphatic heterocycles. The smallest absolute Gasteiger partial charge is 0.213 e. The van der Waals surface area contributed by atoms with E-state index in [4.69, 9.17) is 5.26 Å². The Hall–Kier alpha value is -2.26. The second kappa shape index (κ2) is 5.72. The maximum atomic E-state index is 8.85. The van der Waals surface area contributed by atoms with Crippen LogP contribution in [-0.2, 0) is 13.0 Å². The number of nitrogens with zero attached hydrogens (tertiary/aromatic N) is 4. The van der Waals surface area contributed by atoms with Crippen molar-refractivity contribution in [2.24, 2.45) is 0 Å². The van der Waals surface area contributed by atoms with Gasteiger partial charge in [-0.2, -0.15) is 10.2 Å². The molecule has 0 aromatic carbocycles. The van der Waals surface area contributed by atoms with Crippen LogP contribution < -0.4 is 5.32 Å². The molecule has 6 nitrogen and oxygen atoms in total. The first-order valence-corrected chi connectivity index (χ1v) is 5.20. The van der Waals surface area contributed by atoms with Gasteiger partial charge in [0.05, 0.1) is 0 Å². The largest absolute Gasteiger partial charge is 0.343 e. The van der Waals surface area contributed by atoms with E-state index in [1.807, 2.05) is 12.1 Å². The van der Waals surface area contributed by atoms with Crippen LogP contribution in [0.2, 0.25) is 0 Å². The van der Waals surface area contributed by atoms with E-state index < -0.39 is 0 Å². The van der Waals surface area contributed by atoms with Gasteiger partial charge in [0.2, 0.25) is 6.39 Å². The van der Waals surface area contributed by atoms with E-state index in [-0.39, 0.29) is 0 Å². The van der Waals surface area contributed by atoms with Crippen LogP contribution in [0.5, 0.6) is 0 Å². The van der Waals surface area contributed by atoms with Crippen molar-refractivity contribution in [3.05, 3.63) is 41.8 Å². The zero-order chi connectivity index (χ0) is 11.9. The topological polar surface area (TPSA) is 87.6 Å². The van der Waals surface area contributed by atoms with Gasteiger partial charge in [-0.25, -0.2) is 4.98 Å². The van der Waals surface area contributed by atoms with Crippen LogP contribution in [0.4, 0.5) is 0 Å². The molecule has 2 rings (SSSR count). The summed E-state index contributed by atoms with van der Waals surface area (Å²) in [4.78, 5) is 7.90. The fourth-order valence-corrected chi connectivity index (χ4v) is 1.41. The van der Waals surface area contributed by atoms with Crippen LogP contribution in [0.1, 0.15) is 17.1 Å². The number of aromatic nitrogens is 3. The molecular formula is C11H11N5O. The number of hydrogen-bond acceptors (Lipinski definition) is 6. The van der Waals surface area contributed by atoms with Crippen molar-refractivity contribution in [1.29, 1.82) is 5.26 Å². The zero-order valence-electron chi connectivity index (χ0n) is 9.13. The highest BCUT2D eigenvalue weighted by Gasteiger charge is 2.02. The van der Waals surface area contributed by atoms with Gasteiger partial charge in [-0.15, -0.1) is 0 Å². The van der Waals surface area contributed by atoms with Gasteiger partial charge >= 0.3 is 0 Å². The van der Waals surface area contributed by atoms with Crippen molar-refractivity contribution in [2.75, 3.05) is 6.54 Å². The summed E-state index contributed by atoms with van der Waals surface area (Å²) in [5.41, 5.74) is 1.35. The van der Waals surface area contributed by atoms with E-state index in [0.717, 1.165) is 12.1 Å². The predicted molar refractivity (Wildman–Crippen MR) is 58.7 cm³/mol. The van der Waals surface area contributed by atoms with E-state index in [1.165, 1.54) is 6.39 Å². The van der Waals surface area contributed by atoms with Crippen LogP contribution in [0.25, 0.3) is 0 Å². The summed E-state index contributed by atoms with van der Waals surface area (Å²) >= 11 is 0. The maximum absolute atomic E-state index is 8.85. The molecule has 0 radical (unpaired) electrons. The van der Waals surface area contributed by atoms with E-state index >= 15 is 0 Å². The quantitative estimate of drug-likeness (QED) is 0.758. The molecule has 0 saturated heterocycles. The minimum atomic E-state index is 0.458. The van der Waals surface area contributed by atoms with E-state index in [2.05, 4.69) is 31.0 Å². The van der Waals surface area contributed by atoms with Crippen molar-refractivity contribution in [3.8, 4) is 6.07 Å². The highest BCUT2D eigenvalue weighted by atomic mass is 16.5. The van der Waals surface area contributed by atoms with E-state index in [0.29, 0.717) is 24.5 Å². The first-order chi connectivity index (χ1) is 8.40. The molecule has 0 aliphatic rings. The Kier molecular flexibility index (Phi) is 3.78. The highest BCUT2D eigenvalue weighted by Crippen LogP contribution is 2.02. The van der Waals surface area contributed by atoms with Crippen LogP contribution in [0, 0.1) is 11.3 Å². The normalized spacial score (nSPS) is 10.1. The standard InChI is InChI=1S/C11H11N5O/c12-6-10-9(2-1-4-14-10)7-13-5-3-11-15-8-17-16-11/h1-2,4,8,13H,3,5,7H2. The SMILES string of the molecule is N#Cc1ncccc1CNCCc1ncon1. The highest BCUT2D eigenvalue weighted by molar-refractivity contribution is 5.30. The molecular weight excluding hydrogens is 218 g/mol. The molecule has 2 aromatic rings. The van der Waals surface area contributed by atoms with Crippen LogP contribution in [-0.4, -0.2) is 21.7 Å². The second-order valence-corrected chi connectivity index (χ2v) is 3.40. The van der Waals surface area contributed by atoms with Crippen molar-refractivity contribution in [3.63, 3.8) is 0 Å². The molecule has 17 heavy (non-hydrogen) atoms. The Morgan fingerprint density at radius 3 is 3.12 bits per heavy atom. The monoisotopic (exact) mass is 229 g/mol. The van der Waals surface area contributed by atoms with Gasteiger partial charge in [0.15, 0.2) is 5.82 Å². The van der Waals surface area contributed by atoms with Gasteiger partial charge in [0.25, 0.3) is 0 Å². The Balaban J connectivity index is 1.80. The van der Waals surface area contributed by atoms with Crippen molar-refractivity contribution in [2.45, 2.75) is 13.0 Å². The molecule has 0 saturated carbocycles. The van der Waals surface area contributed by atoms with Gasteiger partial charge in [-0.05, 0) is 6.07 Å². The second-order valence-electron chi connectivity index (χ2n) is 3.40. The number of nitriles is 1. The van der Waals surface area contributed by atoms with E-state index in [1.54, 1.807) is 6.20 Å². The number of nitrogens with one attached hydrogen (secondary N) is 1. The first-order valence-electron chi connectivity index (χ1n) is 5.20. The number of hydrogen-bond donors (Lipinski definition) is 1. The summed E-state index contributed by atoms with van der Waals surface area (Å²) in [6.45, 7) is 1.33. The third kappa shape index (κ3) is 3.09. The molecule has 0 spiro atoms. The van der Waals surface area contributed by atoms with Crippen LogP contribution >= 0.6 is 0 Å². The van der Waals surface area contributed by atoms with Gasteiger partial charge in [0, 0.05) is 31.3 Å². The first kappa shape index (κ1) is 11.2. The Morgan fingerprint density at radius 2 is 2.35 bits per heavy atom.